The lowest BCUT2D eigenvalue weighted by Crippen LogP contribution is -2.34. The number of carboxylic acids is 1. The Balaban J connectivity index is 1.91. The Morgan fingerprint density at radius 1 is 1.16 bits per heavy atom. The molecule has 0 saturated carbocycles. The monoisotopic (exact) mass is 353 g/mol. The highest BCUT2D eigenvalue weighted by atomic mass is 19.4. The van der Waals surface area contributed by atoms with Gasteiger partial charge in [-0.05, 0) is 18.2 Å². The molecule has 1 fully saturated rings. The van der Waals surface area contributed by atoms with Crippen molar-refractivity contribution in [1.29, 1.82) is 0 Å². The highest BCUT2D eigenvalue weighted by Crippen LogP contribution is 2.38. The maximum absolute atomic E-state index is 13.1. The van der Waals surface area contributed by atoms with Crippen LogP contribution in [0, 0.1) is 11.8 Å². The van der Waals surface area contributed by atoms with Gasteiger partial charge in [0.05, 0.1) is 23.1 Å². The fourth-order valence-corrected chi connectivity index (χ4v) is 2.99. The van der Waals surface area contributed by atoms with Crippen LogP contribution in [0.1, 0.15) is 10.4 Å². The molecule has 0 bridgehead atoms. The molecule has 1 aliphatic heterocycles. The fraction of sp³-hybridized carbons (Fsp3) is 0.312. The molecule has 2 atom stereocenters. The Hall–Kier alpha value is -2.84. The molecule has 0 spiro atoms. The molecular formula is C16H14F3N3O3. The molecule has 9 heteroatoms. The Morgan fingerprint density at radius 2 is 1.88 bits per heavy atom. The number of aliphatic carboxylic acids is 1. The number of hydrogen-bond acceptors (Lipinski definition) is 3. The summed E-state index contributed by atoms with van der Waals surface area (Å²) in [6.07, 6.45) is -1.56. The molecule has 1 aliphatic rings. The number of carbonyl (C=O) groups is 2. The molecule has 1 amide bonds. The third-order valence-electron chi connectivity index (χ3n) is 4.23. The third kappa shape index (κ3) is 3.21. The summed E-state index contributed by atoms with van der Waals surface area (Å²) in [6.45, 7) is -1.15. The summed E-state index contributed by atoms with van der Waals surface area (Å²) >= 11 is 0. The first-order chi connectivity index (χ1) is 11.8. The lowest BCUT2D eigenvalue weighted by atomic mass is 9.96. The van der Waals surface area contributed by atoms with Gasteiger partial charge in [0, 0.05) is 25.5 Å². The Bertz CT molecular complexity index is 789. The van der Waals surface area contributed by atoms with Gasteiger partial charge in [-0.1, -0.05) is 12.1 Å². The number of halogens is 3. The standard InChI is InChI=1S/C16H14F3N3O3/c17-16(18,19)12-9-21(8-11(12)15(24)25)14(23)10-4-1-2-5-13(10)22-7-3-6-20-22/h1-7,11-12H,8-9H2,(H,24,25)/t11-,12-/m1/s1. The summed E-state index contributed by atoms with van der Waals surface area (Å²) in [5.41, 5.74) is 0.581. The Morgan fingerprint density at radius 3 is 2.44 bits per heavy atom. The summed E-state index contributed by atoms with van der Waals surface area (Å²) < 4.78 is 40.7. The van der Waals surface area contributed by atoms with Gasteiger partial charge in [0.15, 0.2) is 0 Å². The van der Waals surface area contributed by atoms with Crippen LogP contribution >= 0.6 is 0 Å². The first kappa shape index (κ1) is 17.0. The molecule has 0 aliphatic carbocycles. The number of carboxylic acid groups (broad SMARTS) is 1. The quantitative estimate of drug-likeness (QED) is 0.918. The number of benzene rings is 1. The van der Waals surface area contributed by atoms with Gasteiger partial charge in [-0.2, -0.15) is 18.3 Å². The molecule has 1 saturated heterocycles. The normalized spacial score (nSPS) is 20.7. The summed E-state index contributed by atoms with van der Waals surface area (Å²) in [6, 6.07) is 8.02. The van der Waals surface area contributed by atoms with E-state index < -0.39 is 43.0 Å². The average molecular weight is 353 g/mol. The number of likely N-dealkylation sites (tertiary alicyclic amines) is 1. The van der Waals surface area contributed by atoms with Crippen LogP contribution in [-0.4, -0.2) is 50.9 Å². The van der Waals surface area contributed by atoms with Gasteiger partial charge in [-0.15, -0.1) is 0 Å². The molecular weight excluding hydrogens is 339 g/mol. The molecule has 2 aromatic rings. The third-order valence-corrected chi connectivity index (χ3v) is 4.23. The lowest BCUT2D eigenvalue weighted by Gasteiger charge is -2.19. The van der Waals surface area contributed by atoms with Gasteiger partial charge in [-0.3, -0.25) is 9.59 Å². The number of carbonyl (C=O) groups excluding carboxylic acids is 1. The molecule has 2 heterocycles. The van der Waals surface area contributed by atoms with Crippen molar-refractivity contribution in [3.05, 3.63) is 48.3 Å². The Labute approximate surface area is 140 Å². The van der Waals surface area contributed by atoms with Crippen LogP contribution < -0.4 is 0 Å². The number of aromatic nitrogens is 2. The van der Waals surface area contributed by atoms with Gasteiger partial charge in [0.2, 0.25) is 0 Å². The van der Waals surface area contributed by atoms with Gasteiger partial charge in [-0.25, -0.2) is 4.68 Å². The second kappa shape index (κ2) is 6.23. The van der Waals surface area contributed by atoms with E-state index >= 15 is 0 Å². The van der Waals surface area contributed by atoms with E-state index in [1.807, 2.05) is 0 Å². The van der Waals surface area contributed by atoms with E-state index in [2.05, 4.69) is 5.10 Å². The number of para-hydroxylation sites is 1. The van der Waals surface area contributed by atoms with Crippen molar-refractivity contribution in [2.75, 3.05) is 13.1 Å². The summed E-state index contributed by atoms with van der Waals surface area (Å²) in [5.74, 6) is -5.95. The molecule has 6 nitrogen and oxygen atoms in total. The van der Waals surface area contributed by atoms with Crippen molar-refractivity contribution in [1.82, 2.24) is 14.7 Å². The number of hydrogen-bond donors (Lipinski definition) is 1. The zero-order valence-electron chi connectivity index (χ0n) is 12.8. The van der Waals surface area contributed by atoms with Crippen molar-refractivity contribution in [3.63, 3.8) is 0 Å². The predicted molar refractivity (Wildman–Crippen MR) is 80.1 cm³/mol. The second-order valence-corrected chi connectivity index (χ2v) is 5.77. The fourth-order valence-electron chi connectivity index (χ4n) is 2.99. The minimum Gasteiger partial charge on any atom is -0.481 e. The van der Waals surface area contributed by atoms with Gasteiger partial charge < -0.3 is 10.0 Å². The van der Waals surface area contributed by atoms with Crippen molar-refractivity contribution < 1.29 is 27.9 Å². The molecule has 0 unspecified atom stereocenters. The predicted octanol–water partition coefficient (Wildman–Crippen LogP) is 2.21. The van der Waals surface area contributed by atoms with Crippen LogP contribution in [0.5, 0.6) is 0 Å². The van der Waals surface area contributed by atoms with E-state index in [0.717, 1.165) is 4.90 Å². The number of alkyl halides is 3. The molecule has 3 rings (SSSR count). The summed E-state index contributed by atoms with van der Waals surface area (Å²) in [4.78, 5) is 24.8. The zero-order chi connectivity index (χ0) is 18.2. The maximum Gasteiger partial charge on any atom is 0.394 e. The first-order valence-corrected chi connectivity index (χ1v) is 7.47. The van der Waals surface area contributed by atoms with E-state index in [-0.39, 0.29) is 5.56 Å². The van der Waals surface area contributed by atoms with Gasteiger partial charge in [0.1, 0.15) is 0 Å². The van der Waals surface area contributed by atoms with Gasteiger partial charge >= 0.3 is 12.1 Å². The number of nitrogens with zero attached hydrogens (tertiary/aromatic N) is 3. The maximum atomic E-state index is 13.1. The highest BCUT2D eigenvalue weighted by Gasteiger charge is 2.53. The van der Waals surface area contributed by atoms with Crippen LogP contribution in [-0.2, 0) is 4.79 Å². The van der Waals surface area contributed by atoms with Crippen molar-refractivity contribution in [3.8, 4) is 5.69 Å². The molecule has 1 N–H and O–H groups in total. The molecule has 1 aromatic carbocycles. The van der Waals surface area contributed by atoms with Crippen molar-refractivity contribution in [2.45, 2.75) is 6.18 Å². The highest BCUT2D eigenvalue weighted by molar-refractivity contribution is 5.98. The lowest BCUT2D eigenvalue weighted by molar-refractivity contribution is -0.187. The van der Waals surface area contributed by atoms with Crippen LogP contribution in [0.15, 0.2) is 42.7 Å². The second-order valence-electron chi connectivity index (χ2n) is 5.77. The Kier molecular flexibility index (Phi) is 4.23. The number of rotatable bonds is 3. The van der Waals surface area contributed by atoms with Gasteiger partial charge in [0.25, 0.3) is 5.91 Å². The van der Waals surface area contributed by atoms with Crippen molar-refractivity contribution >= 4 is 11.9 Å². The van der Waals surface area contributed by atoms with E-state index in [9.17, 15) is 22.8 Å². The molecule has 132 valence electrons. The number of amides is 1. The van der Waals surface area contributed by atoms with Crippen LogP contribution in [0.2, 0.25) is 0 Å². The van der Waals surface area contributed by atoms with Crippen LogP contribution in [0.4, 0.5) is 13.2 Å². The largest absolute Gasteiger partial charge is 0.481 e. The SMILES string of the molecule is O=C(O)[C@@H]1CN(C(=O)c2ccccc2-n2cccn2)C[C@H]1C(F)(F)F. The van der Waals surface area contributed by atoms with E-state index in [1.165, 1.54) is 16.9 Å². The topological polar surface area (TPSA) is 75.4 Å². The van der Waals surface area contributed by atoms with Crippen LogP contribution in [0.25, 0.3) is 5.69 Å². The van der Waals surface area contributed by atoms with E-state index in [1.54, 1.807) is 30.5 Å². The van der Waals surface area contributed by atoms with E-state index in [4.69, 9.17) is 5.11 Å². The molecule has 0 radical (unpaired) electrons. The van der Waals surface area contributed by atoms with Crippen molar-refractivity contribution in [2.24, 2.45) is 11.8 Å². The van der Waals surface area contributed by atoms with Crippen LogP contribution in [0.3, 0.4) is 0 Å². The minimum absolute atomic E-state index is 0.165. The molecule has 1 aromatic heterocycles. The summed E-state index contributed by atoms with van der Waals surface area (Å²) in [5, 5.41) is 13.1. The minimum atomic E-state index is -4.68. The zero-order valence-corrected chi connectivity index (χ0v) is 12.8. The van der Waals surface area contributed by atoms with E-state index in [0.29, 0.717) is 5.69 Å². The smallest absolute Gasteiger partial charge is 0.394 e. The molecule has 25 heavy (non-hydrogen) atoms. The first-order valence-electron chi connectivity index (χ1n) is 7.47. The average Bonchev–Trinajstić information content (AvgIpc) is 3.23. The summed E-state index contributed by atoms with van der Waals surface area (Å²) in [7, 11) is 0.